The number of nitrogens with zero attached hydrogens (tertiary/aromatic N) is 3. The van der Waals surface area contributed by atoms with Gasteiger partial charge in [-0.3, -0.25) is 9.69 Å². The molecule has 0 unspecified atom stereocenters. The van der Waals surface area contributed by atoms with Crippen LogP contribution in [0.5, 0.6) is 5.75 Å². The van der Waals surface area contributed by atoms with E-state index in [1.807, 2.05) is 24.4 Å². The Kier molecular flexibility index (Phi) is 6.47. The minimum atomic E-state index is -0.711. The highest BCUT2D eigenvalue weighted by Gasteiger charge is 2.32. The molecule has 0 bridgehead atoms. The van der Waals surface area contributed by atoms with Crippen LogP contribution in [-0.4, -0.2) is 45.1 Å². The Morgan fingerprint density at radius 2 is 2.00 bits per heavy atom. The molecule has 0 radical (unpaired) electrons. The van der Waals surface area contributed by atoms with Crippen molar-refractivity contribution in [3.8, 4) is 5.75 Å². The quantitative estimate of drug-likeness (QED) is 0.679. The van der Waals surface area contributed by atoms with Crippen LogP contribution in [-0.2, 0) is 11.3 Å². The smallest absolute Gasteiger partial charge is 0.307 e. The fourth-order valence-corrected chi connectivity index (χ4v) is 5.02. The van der Waals surface area contributed by atoms with E-state index < -0.39 is 5.97 Å². The maximum atomic E-state index is 11.2. The second-order valence-electron chi connectivity index (χ2n) is 10.00. The van der Waals surface area contributed by atoms with Crippen molar-refractivity contribution >= 4 is 16.9 Å². The summed E-state index contributed by atoms with van der Waals surface area (Å²) < 4.78 is 6.31. The fraction of sp³-hybridized carbons (Fsp3) is 0.640. The van der Waals surface area contributed by atoms with Crippen molar-refractivity contribution in [2.45, 2.75) is 71.9 Å². The molecule has 31 heavy (non-hydrogen) atoms. The number of likely N-dealkylation sites (tertiary alicyclic amines) is 1. The van der Waals surface area contributed by atoms with Crippen molar-refractivity contribution < 1.29 is 14.6 Å². The first-order valence-corrected chi connectivity index (χ1v) is 11.7. The number of benzene rings is 1. The molecule has 1 saturated carbocycles. The highest BCUT2D eigenvalue weighted by Crippen LogP contribution is 2.41. The van der Waals surface area contributed by atoms with E-state index in [0.717, 1.165) is 47.8 Å². The van der Waals surface area contributed by atoms with Crippen molar-refractivity contribution in [1.82, 2.24) is 14.9 Å². The van der Waals surface area contributed by atoms with Crippen LogP contribution in [0.25, 0.3) is 10.9 Å². The Balaban J connectivity index is 1.35. The summed E-state index contributed by atoms with van der Waals surface area (Å²) in [5, 5.41) is 10.2. The van der Waals surface area contributed by atoms with Crippen LogP contribution < -0.4 is 4.74 Å². The van der Waals surface area contributed by atoms with Gasteiger partial charge >= 0.3 is 5.97 Å². The van der Waals surface area contributed by atoms with E-state index in [-0.39, 0.29) is 5.92 Å². The number of aliphatic carboxylic acids is 1. The minimum Gasteiger partial charge on any atom is -0.490 e. The van der Waals surface area contributed by atoms with Crippen LogP contribution in [0.4, 0.5) is 0 Å². The van der Waals surface area contributed by atoms with Crippen molar-refractivity contribution in [2.24, 2.45) is 17.3 Å². The van der Waals surface area contributed by atoms with E-state index in [0.29, 0.717) is 31.0 Å². The molecule has 0 amide bonds. The molecule has 1 atom stereocenters. The molecule has 1 aromatic heterocycles. The van der Waals surface area contributed by atoms with Crippen LogP contribution in [0.3, 0.4) is 0 Å². The molecule has 1 aliphatic carbocycles. The van der Waals surface area contributed by atoms with Gasteiger partial charge in [0.1, 0.15) is 11.6 Å². The third kappa shape index (κ3) is 5.17. The summed E-state index contributed by atoms with van der Waals surface area (Å²) in [6.45, 7) is 9.03. The Morgan fingerprint density at radius 3 is 2.68 bits per heavy atom. The van der Waals surface area contributed by atoms with Gasteiger partial charge in [-0.2, -0.15) is 0 Å². The third-order valence-electron chi connectivity index (χ3n) is 7.58. The fourth-order valence-electron chi connectivity index (χ4n) is 5.02. The summed E-state index contributed by atoms with van der Waals surface area (Å²) in [7, 11) is 0. The SMILES string of the molecule is CCC(C)(C)C1CCC(Oc2ccc3nc(CN4CC[C@@H](C(=O)O)C4)ncc3c2)CC1. The van der Waals surface area contributed by atoms with Gasteiger partial charge in [0, 0.05) is 18.1 Å². The van der Waals surface area contributed by atoms with Crippen LogP contribution in [0.2, 0.25) is 0 Å². The van der Waals surface area contributed by atoms with Crippen molar-refractivity contribution in [3.63, 3.8) is 0 Å². The Hall–Kier alpha value is -2.21. The van der Waals surface area contributed by atoms with Gasteiger partial charge < -0.3 is 9.84 Å². The van der Waals surface area contributed by atoms with E-state index >= 15 is 0 Å². The summed E-state index contributed by atoms with van der Waals surface area (Å²) in [4.78, 5) is 22.5. The summed E-state index contributed by atoms with van der Waals surface area (Å²) in [5.74, 6) is 1.44. The first-order chi connectivity index (χ1) is 14.8. The van der Waals surface area contributed by atoms with Gasteiger partial charge in [0.2, 0.25) is 0 Å². The molecule has 168 valence electrons. The van der Waals surface area contributed by atoms with Crippen molar-refractivity contribution in [1.29, 1.82) is 0 Å². The van der Waals surface area contributed by atoms with Gasteiger partial charge in [-0.25, -0.2) is 9.97 Å². The lowest BCUT2D eigenvalue weighted by Crippen LogP contribution is -2.31. The molecule has 4 rings (SSSR count). The van der Waals surface area contributed by atoms with Crippen LogP contribution in [0, 0.1) is 17.3 Å². The molecule has 1 aliphatic heterocycles. The molecule has 2 aliphatic rings. The van der Waals surface area contributed by atoms with Crippen molar-refractivity contribution in [2.75, 3.05) is 13.1 Å². The largest absolute Gasteiger partial charge is 0.490 e. The van der Waals surface area contributed by atoms with Crippen LogP contribution in [0.15, 0.2) is 24.4 Å². The summed E-state index contributed by atoms with van der Waals surface area (Å²) in [5.41, 5.74) is 1.33. The highest BCUT2D eigenvalue weighted by atomic mass is 16.5. The number of hydrogen-bond donors (Lipinski definition) is 1. The van der Waals surface area contributed by atoms with Crippen LogP contribution in [0.1, 0.15) is 65.1 Å². The number of carbonyl (C=O) groups is 1. The van der Waals surface area contributed by atoms with E-state index in [1.54, 1.807) is 0 Å². The van der Waals surface area contributed by atoms with Gasteiger partial charge in [-0.15, -0.1) is 0 Å². The van der Waals surface area contributed by atoms with Crippen molar-refractivity contribution in [3.05, 3.63) is 30.2 Å². The maximum Gasteiger partial charge on any atom is 0.307 e. The number of ether oxygens (including phenoxy) is 1. The van der Waals surface area contributed by atoms with Gasteiger partial charge in [0.25, 0.3) is 0 Å². The number of carboxylic acids is 1. The van der Waals surface area contributed by atoms with E-state index in [2.05, 4.69) is 35.6 Å². The lowest BCUT2D eigenvalue weighted by atomic mass is 9.69. The van der Waals surface area contributed by atoms with E-state index in [9.17, 15) is 9.90 Å². The second-order valence-corrected chi connectivity index (χ2v) is 10.00. The monoisotopic (exact) mass is 425 g/mol. The Labute approximate surface area is 185 Å². The lowest BCUT2D eigenvalue weighted by molar-refractivity contribution is -0.141. The number of carboxylic acid groups (broad SMARTS) is 1. The molecular formula is C25H35N3O3. The number of hydrogen-bond acceptors (Lipinski definition) is 5. The Bertz CT molecular complexity index is 921. The van der Waals surface area contributed by atoms with Gasteiger partial charge in [-0.05, 0) is 68.2 Å². The van der Waals surface area contributed by atoms with Gasteiger partial charge in [0.05, 0.1) is 24.1 Å². The first-order valence-electron chi connectivity index (χ1n) is 11.7. The normalized spacial score (nSPS) is 25.1. The molecule has 2 heterocycles. The molecule has 1 saturated heterocycles. The predicted molar refractivity (Wildman–Crippen MR) is 121 cm³/mol. The first kappa shape index (κ1) is 22.0. The molecule has 6 nitrogen and oxygen atoms in total. The average Bonchev–Trinajstić information content (AvgIpc) is 3.23. The molecule has 1 aromatic carbocycles. The third-order valence-corrected chi connectivity index (χ3v) is 7.58. The average molecular weight is 426 g/mol. The summed E-state index contributed by atoms with van der Waals surface area (Å²) in [6, 6.07) is 6.06. The highest BCUT2D eigenvalue weighted by molar-refractivity contribution is 5.79. The zero-order chi connectivity index (χ0) is 22.0. The van der Waals surface area contributed by atoms with E-state index in [1.165, 1.54) is 19.3 Å². The number of aromatic nitrogens is 2. The molecule has 6 heteroatoms. The van der Waals surface area contributed by atoms with Crippen LogP contribution >= 0.6 is 0 Å². The zero-order valence-corrected chi connectivity index (χ0v) is 19.0. The molecule has 1 N–H and O–H groups in total. The Morgan fingerprint density at radius 1 is 1.23 bits per heavy atom. The summed E-state index contributed by atoms with van der Waals surface area (Å²) >= 11 is 0. The predicted octanol–water partition coefficient (Wildman–Crippen LogP) is 4.91. The molecule has 2 aromatic rings. The standard InChI is InChI=1S/C25H35N3O3/c1-4-25(2,3)19-5-7-20(8-6-19)31-21-9-10-22-18(13-21)14-26-23(27-22)16-28-12-11-17(15-28)24(29)30/h9-10,13-14,17,19-20H,4-8,11-12,15-16H2,1-3H3,(H,29,30)/t17-,19?,20?/m1/s1. The molecule has 0 spiro atoms. The van der Waals surface area contributed by atoms with Gasteiger partial charge in [0.15, 0.2) is 0 Å². The second kappa shape index (κ2) is 9.11. The maximum absolute atomic E-state index is 11.2. The number of fused-ring (bicyclic) bond motifs is 1. The summed E-state index contributed by atoms with van der Waals surface area (Å²) in [6.07, 6.45) is 8.79. The zero-order valence-electron chi connectivity index (χ0n) is 19.0. The lowest BCUT2D eigenvalue weighted by Gasteiger charge is -2.38. The topological polar surface area (TPSA) is 75.5 Å². The molecular weight excluding hydrogens is 390 g/mol. The van der Waals surface area contributed by atoms with Gasteiger partial charge in [-0.1, -0.05) is 27.2 Å². The number of rotatable bonds is 7. The van der Waals surface area contributed by atoms with E-state index in [4.69, 9.17) is 4.74 Å². The minimum absolute atomic E-state index is 0.275. The molecule has 2 fully saturated rings.